The Labute approximate surface area is 267 Å². The van der Waals surface area contributed by atoms with Crippen molar-refractivity contribution in [3.63, 3.8) is 0 Å². The number of cyclic esters (lactones) is 1. The molecule has 6 rings (SSSR count). The van der Waals surface area contributed by atoms with E-state index in [1.54, 1.807) is 17.0 Å². The summed E-state index contributed by atoms with van der Waals surface area (Å²) in [6, 6.07) is 6.26. The highest BCUT2D eigenvalue weighted by Gasteiger charge is 2.42. The molecule has 5 amide bonds. The molecule has 2 N–H and O–H groups in total. The molecule has 0 radical (unpaired) electrons. The van der Waals surface area contributed by atoms with E-state index in [9.17, 15) is 24.0 Å². The van der Waals surface area contributed by atoms with Crippen molar-refractivity contribution in [2.75, 3.05) is 59.5 Å². The maximum Gasteiger partial charge on any atom is 0.410 e. The highest BCUT2D eigenvalue weighted by molar-refractivity contribution is 5.94. The number of nitrogens with one attached hydrogen (secondary N) is 2. The van der Waals surface area contributed by atoms with Gasteiger partial charge in [-0.15, -0.1) is 0 Å². The number of carbonyl (C=O) groups is 5. The molecule has 248 valence electrons. The van der Waals surface area contributed by atoms with Gasteiger partial charge in [0.05, 0.1) is 32.0 Å². The van der Waals surface area contributed by atoms with Crippen LogP contribution in [0.25, 0.3) is 0 Å². The molecule has 0 spiro atoms. The van der Waals surface area contributed by atoms with Gasteiger partial charge in [0, 0.05) is 39.0 Å². The van der Waals surface area contributed by atoms with Crippen molar-refractivity contribution in [3.8, 4) is 11.5 Å². The van der Waals surface area contributed by atoms with Crippen LogP contribution in [0.3, 0.4) is 0 Å². The van der Waals surface area contributed by atoms with Crippen LogP contribution in [0.1, 0.15) is 48.0 Å². The molecule has 46 heavy (non-hydrogen) atoms. The summed E-state index contributed by atoms with van der Waals surface area (Å²) in [6.45, 7) is 2.16. The van der Waals surface area contributed by atoms with Gasteiger partial charge in [-0.25, -0.2) is 4.79 Å². The van der Waals surface area contributed by atoms with E-state index in [0.29, 0.717) is 75.5 Å². The highest BCUT2D eigenvalue weighted by atomic mass is 16.6. The van der Waals surface area contributed by atoms with E-state index < -0.39 is 18.2 Å². The van der Waals surface area contributed by atoms with Crippen molar-refractivity contribution in [2.24, 2.45) is 0 Å². The maximum absolute atomic E-state index is 13.4. The monoisotopic (exact) mass is 639 g/mol. The van der Waals surface area contributed by atoms with Gasteiger partial charge in [0.1, 0.15) is 31.6 Å². The second-order valence-corrected chi connectivity index (χ2v) is 11.6. The predicted molar refractivity (Wildman–Crippen MR) is 163 cm³/mol. The molecule has 0 saturated carbocycles. The summed E-state index contributed by atoms with van der Waals surface area (Å²) >= 11 is 0. The topological polar surface area (TPSA) is 160 Å². The lowest BCUT2D eigenvalue weighted by Gasteiger charge is -2.25. The fourth-order valence-electron chi connectivity index (χ4n) is 5.86. The molecule has 2 saturated heterocycles. The third-order valence-corrected chi connectivity index (χ3v) is 8.36. The van der Waals surface area contributed by atoms with E-state index >= 15 is 0 Å². The summed E-state index contributed by atoms with van der Waals surface area (Å²) < 4.78 is 21.9. The predicted octanol–water partition coefficient (Wildman–Crippen LogP) is 1.58. The molecule has 14 nitrogen and oxygen atoms in total. The Kier molecular flexibility index (Phi) is 11.0. The second kappa shape index (κ2) is 15.5. The van der Waals surface area contributed by atoms with Crippen molar-refractivity contribution < 1.29 is 42.6 Å². The number of likely N-dealkylation sites (tertiary alicyclic amines) is 1. The van der Waals surface area contributed by atoms with Gasteiger partial charge in [0.25, 0.3) is 5.91 Å². The third kappa shape index (κ3) is 8.29. The molecule has 4 aliphatic rings. The number of furan rings is 1. The highest BCUT2D eigenvalue weighted by Crippen LogP contribution is 2.32. The first-order valence-electron chi connectivity index (χ1n) is 15.7. The smallest absolute Gasteiger partial charge is 0.410 e. The summed E-state index contributed by atoms with van der Waals surface area (Å²) in [4.78, 5) is 69.0. The molecule has 4 aliphatic heterocycles. The number of nitrogens with zero attached hydrogens (tertiary/aromatic N) is 3. The fraction of sp³-hybridized carbons (Fsp3) is 0.531. The van der Waals surface area contributed by atoms with Crippen LogP contribution in [0, 0.1) is 0 Å². The Morgan fingerprint density at radius 3 is 2.59 bits per heavy atom. The normalized spacial score (nSPS) is 21.8. The van der Waals surface area contributed by atoms with Crippen molar-refractivity contribution >= 4 is 29.7 Å². The molecule has 1 aromatic heterocycles. The molecule has 0 unspecified atom stereocenters. The number of hydrogen-bond donors (Lipinski definition) is 2. The Bertz CT molecular complexity index is 1400. The molecule has 4 bridgehead atoms. The number of methoxy groups -OCH3 is 1. The number of carbonyl (C=O) groups excluding carboxylic acids is 5. The molecule has 5 heterocycles. The van der Waals surface area contributed by atoms with Crippen LogP contribution in [0.4, 0.5) is 4.79 Å². The van der Waals surface area contributed by atoms with E-state index in [1.807, 2.05) is 12.1 Å². The molecular weight excluding hydrogens is 598 g/mol. The van der Waals surface area contributed by atoms with E-state index in [4.69, 9.17) is 18.6 Å². The van der Waals surface area contributed by atoms with Crippen LogP contribution in [-0.2, 0) is 25.5 Å². The van der Waals surface area contributed by atoms with Crippen LogP contribution in [0.2, 0.25) is 0 Å². The number of benzene rings is 1. The van der Waals surface area contributed by atoms with E-state index in [-0.39, 0.29) is 56.2 Å². The van der Waals surface area contributed by atoms with Gasteiger partial charge in [-0.3, -0.25) is 24.1 Å². The van der Waals surface area contributed by atoms with Crippen molar-refractivity contribution in [1.29, 1.82) is 0 Å². The zero-order valence-electron chi connectivity index (χ0n) is 26.0. The Balaban J connectivity index is 1.31. The van der Waals surface area contributed by atoms with Crippen LogP contribution < -0.4 is 20.1 Å². The summed E-state index contributed by atoms with van der Waals surface area (Å²) in [5, 5.41) is 5.88. The summed E-state index contributed by atoms with van der Waals surface area (Å²) in [6.07, 6.45) is 4.62. The fourth-order valence-corrected chi connectivity index (χ4v) is 5.86. The minimum absolute atomic E-state index is 0.0890. The van der Waals surface area contributed by atoms with Gasteiger partial charge in [0.15, 0.2) is 11.5 Å². The van der Waals surface area contributed by atoms with Crippen LogP contribution in [0.5, 0.6) is 11.5 Å². The first-order valence-corrected chi connectivity index (χ1v) is 15.7. The minimum atomic E-state index is -0.795. The minimum Gasteiger partial charge on any atom is -0.493 e. The molecule has 2 aromatic rings. The number of fused-ring (bicyclic) bond motifs is 15. The summed E-state index contributed by atoms with van der Waals surface area (Å²) in [7, 11) is 1.53. The third-order valence-electron chi connectivity index (χ3n) is 8.36. The lowest BCUT2D eigenvalue weighted by molar-refractivity contribution is -0.138. The van der Waals surface area contributed by atoms with Gasteiger partial charge >= 0.3 is 6.09 Å². The van der Waals surface area contributed by atoms with Gasteiger partial charge in [-0.05, 0) is 49.4 Å². The van der Waals surface area contributed by atoms with Crippen molar-refractivity contribution in [3.05, 3.63) is 47.9 Å². The number of amides is 5. The van der Waals surface area contributed by atoms with Crippen molar-refractivity contribution in [2.45, 2.75) is 50.7 Å². The number of aryl methyl sites for hydroxylation is 1. The first kappa shape index (κ1) is 32.6. The summed E-state index contributed by atoms with van der Waals surface area (Å²) in [5.74, 6) is 0.0133. The van der Waals surface area contributed by atoms with E-state index in [1.165, 1.54) is 29.4 Å². The Morgan fingerprint density at radius 1 is 1.00 bits per heavy atom. The van der Waals surface area contributed by atoms with E-state index in [2.05, 4.69) is 10.6 Å². The molecule has 0 aliphatic carbocycles. The quantitative estimate of drug-likeness (QED) is 0.506. The second-order valence-electron chi connectivity index (χ2n) is 11.6. The molecule has 14 heteroatoms. The van der Waals surface area contributed by atoms with Gasteiger partial charge < -0.3 is 39.1 Å². The molecule has 2 fully saturated rings. The molecule has 1 aromatic carbocycles. The van der Waals surface area contributed by atoms with Crippen molar-refractivity contribution in [1.82, 2.24) is 25.3 Å². The molecule has 2 atom stereocenters. The zero-order valence-corrected chi connectivity index (χ0v) is 26.0. The molecular formula is C32H41N5O9. The van der Waals surface area contributed by atoms with Crippen LogP contribution >= 0.6 is 0 Å². The lowest BCUT2D eigenvalue weighted by atomic mass is 10.1. The first-order chi connectivity index (χ1) is 22.3. The number of hydrogen-bond acceptors (Lipinski definition) is 9. The standard InChI is InChI=1S/C32H41N5O9/c1-43-27-17-22-5-7-26(27)46-24-18-25(37(19-24)29(39)20-36-14-16-45-32(36)42)30(40)34-10-2-3-12-35(31(41)23-9-15-44-21-23)13-4-11-33-28(38)8-6-22/h5,7,9,15,17,21,24-25H,2-4,6,8,10-14,16,18-20H2,1H3,(H,33,38)(H,34,40)/t24-,25-/m0/s1. The average molecular weight is 640 g/mol. The largest absolute Gasteiger partial charge is 0.493 e. The summed E-state index contributed by atoms with van der Waals surface area (Å²) in [5.41, 5.74) is 1.33. The van der Waals surface area contributed by atoms with E-state index in [0.717, 1.165) is 5.56 Å². The SMILES string of the molecule is COc1cc2ccc1O[C@H]1C[C@@H](C(=O)NCCCCN(C(=O)c3ccoc3)CCCNC(=O)CC2)N(C(=O)CN2CCOC2=O)C1. The maximum atomic E-state index is 13.4. The Morgan fingerprint density at radius 2 is 1.83 bits per heavy atom. The Hall–Kier alpha value is -4.75. The van der Waals surface area contributed by atoms with Crippen LogP contribution in [0.15, 0.2) is 41.2 Å². The average Bonchev–Trinajstić information content (AvgIpc) is 3.83. The zero-order chi connectivity index (χ0) is 32.5. The van der Waals surface area contributed by atoms with Gasteiger partial charge in [-0.1, -0.05) is 6.07 Å². The van der Waals surface area contributed by atoms with Crippen LogP contribution in [-0.4, -0.2) is 116 Å². The lowest BCUT2D eigenvalue weighted by Crippen LogP contribution is -2.49. The van der Waals surface area contributed by atoms with Gasteiger partial charge in [0.2, 0.25) is 17.7 Å². The van der Waals surface area contributed by atoms with Gasteiger partial charge in [-0.2, -0.15) is 0 Å². The number of ether oxygens (including phenoxy) is 3. The number of rotatable bonds is 4.